The Kier molecular flexibility index (Phi) is 3.57. The van der Waals surface area contributed by atoms with E-state index in [1.165, 1.54) is 17.3 Å². The average Bonchev–Trinajstić information content (AvgIpc) is 2.76. The number of thiophene rings is 1. The summed E-state index contributed by atoms with van der Waals surface area (Å²) < 4.78 is 0. The van der Waals surface area contributed by atoms with Gasteiger partial charge in [0.05, 0.1) is 6.04 Å². The van der Waals surface area contributed by atoms with Gasteiger partial charge in [-0.25, -0.2) is 14.8 Å². The maximum atomic E-state index is 11.0. The van der Waals surface area contributed by atoms with Crippen LogP contribution in [0.2, 0.25) is 0 Å². The highest BCUT2D eigenvalue weighted by atomic mass is 32.1. The minimum atomic E-state index is -1.08. The molecule has 2 rings (SSSR count). The molecule has 0 amide bonds. The molecule has 1 unspecified atom stereocenters. The molecule has 2 heterocycles. The van der Waals surface area contributed by atoms with Gasteiger partial charge in [0.15, 0.2) is 11.5 Å². The molecule has 5 nitrogen and oxygen atoms in total. The third-order valence-electron chi connectivity index (χ3n) is 2.44. The van der Waals surface area contributed by atoms with E-state index in [1.807, 2.05) is 26.0 Å². The van der Waals surface area contributed by atoms with Gasteiger partial charge in [0.1, 0.15) is 0 Å². The van der Waals surface area contributed by atoms with Crippen LogP contribution in [0.4, 0.5) is 5.82 Å². The van der Waals surface area contributed by atoms with Crippen molar-refractivity contribution in [2.75, 3.05) is 5.32 Å². The molecular formula is C12H13N3O2S. The van der Waals surface area contributed by atoms with Gasteiger partial charge in [-0.15, -0.1) is 11.3 Å². The Bertz CT molecular complexity index is 568. The number of nitrogens with one attached hydrogen (secondary N) is 1. The molecule has 2 aromatic heterocycles. The first kappa shape index (κ1) is 12.5. The molecular weight excluding hydrogens is 250 g/mol. The van der Waals surface area contributed by atoms with Gasteiger partial charge in [-0.05, 0) is 26.0 Å². The van der Waals surface area contributed by atoms with Crippen LogP contribution in [0.25, 0.3) is 0 Å². The van der Waals surface area contributed by atoms with Gasteiger partial charge in [0.2, 0.25) is 0 Å². The molecule has 0 saturated carbocycles. The van der Waals surface area contributed by atoms with Crippen LogP contribution in [-0.4, -0.2) is 21.0 Å². The Balaban J connectivity index is 2.21. The number of aromatic nitrogens is 2. The first-order valence-corrected chi connectivity index (χ1v) is 6.26. The Morgan fingerprint density at radius 3 is 2.72 bits per heavy atom. The molecule has 0 aliphatic carbocycles. The molecule has 1 atom stereocenters. The number of aromatic carboxylic acids is 1. The van der Waals surface area contributed by atoms with Crippen LogP contribution < -0.4 is 5.32 Å². The predicted molar refractivity (Wildman–Crippen MR) is 70.1 cm³/mol. The fourth-order valence-corrected chi connectivity index (χ4v) is 2.44. The third-order valence-corrected chi connectivity index (χ3v) is 3.63. The molecule has 94 valence electrons. The molecule has 0 aliphatic heterocycles. The van der Waals surface area contributed by atoms with Crippen LogP contribution in [0.15, 0.2) is 24.5 Å². The van der Waals surface area contributed by atoms with E-state index in [0.717, 1.165) is 4.88 Å². The topological polar surface area (TPSA) is 75.1 Å². The van der Waals surface area contributed by atoms with Gasteiger partial charge in [-0.1, -0.05) is 0 Å². The number of anilines is 1. The van der Waals surface area contributed by atoms with E-state index in [4.69, 9.17) is 5.11 Å². The fraction of sp³-hybridized carbons (Fsp3) is 0.250. The molecule has 0 saturated heterocycles. The van der Waals surface area contributed by atoms with E-state index >= 15 is 0 Å². The normalized spacial score (nSPS) is 12.1. The second kappa shape index (κ2) is 5.14. The Labute approximate surface area is 109 Å². The highest BCUT2D eigenvalue weighted by Gasteiger charge is 2.15. The minimum absolute atomic E-state index is 0.00139. The van der Waals surface area contributed by atoms with Crippen molar-refractivity contribution in [3.63, 3.8) is 0 Å². The minimum Gasteiger partial charge on any atom is -0.476 e. The summed E-state index contributed by atoms with van der Waals surface area (Å²) in [6.45, 7) is 4.00. The van der Waals surface area contributed by atoms with Crippen LogP contribution in [0.3, 0.4) is 0 Å². The van der Waals surface area contributed by atoms with Crippen molar-refractivity contribution >= 4 is 23.1 Å². The van der Waals surface area contributed by atoms with Gasteiger partial charge >= 0.3 is 5.97 Å². The number of hydrogen-bond acceptors (Lipinski definition) is 5. The number of carboxylic acid groups (broad SMARTS) is 1. The Morgan fingerprint density at radius 2 is 2.11 bits per heavy atom. The number of rotatable bonds is 4. The lowest BCUT2D eigenvalue weighted by atomic mass is 10.2. The molecule has 2 aromatic rings. The molecule has 0 spiro atoms. The van der Waals surface area contributed by atoms with Gasteiger partial charge in [0.25, 0.3) is 0 Å². The second-order valence-corrected chi connectivity index (χ2v) is 5.19. The number of aryl methyl sites for hydroxylation is 1. The zero-order valence-electron chi connectivity index (χ0n) is 10.0. The smallest absolute Gasteiger partial charge is 0.358 e. The Morgan fingerprint density at radius 1 is 1.39 bits per heavy atom. The number of nitrogens with zero attached hydrogens (tertiary/aromatic N) is 2. The van der Waals surface area contributed by atoms with Gasteiger partial charge in [-0.3, -0.25) is 0 Å². The standard InChI is InChI=1S/C12H13N3O2S/c1-7-3-4-9(18-7)8(2)15-11-10(12(16)17)13-5-6-14-11/h3-6,8H,1-2H3,(H,14,15)(H,16,17). The maximum Gasteiger partial charge on any atom is 0.358 e. The zero-order valence-corrected chi connectivity index (χ0v) is 10.9. The van der Waals surface area contributed by atoms with E-state index in [1.54, 1.807) is 11.3 Å². The van der Waals surface area contributed by atoms with Gasteiger partial charge < -0.3 is 10.4 Å². The molecule has 0 bridgehead atoms. The zero-order chi connectivity index (χ0) is 13.1. The number of carboxylic acids is 1. The fourth-order valence-electron chi connectivity index (χ4n) is 1.56. The van der Waals surface area contributed by atoms with Crippen molar-refractivity contribution in [3.05, 3.63) is 40.0 Å². The first-order chi connectivity index (χ1) is 8.58. The second-order valence-electron chi connectivity index (χ2n) is 3.87. The average molecular weight is 263 g/mol. The molecule has 0 aliphatic rings. The van der Waals surface area contributed by atoms with Crippen molar-refractivity contribution in [1.29, 1.82) is 0 Å². The third kappa shape index (κ3) is 2.65. The number of carbonyl (C=O) groups is 1. The van der Waals surface area contributed by atoms with Crippen molar-refractivity contribution < 1.29 is 9.90 Å². The summed E-state index contributed by atoms with van der Waals surface area (Å²) in [7, 11) is 0. The molecule has 6 heteroatoms. The Hall–Kier alpha value is -1.95. The van der Waals surface area contributed by atoms with Crippen molar-refractivity contribution in [3.8, 4) is 0 Å². The molecule has 0 fully saturated rings. The summed E-state index contributed by atoms with van der Waals surface area (Å²) in [5, 5.41) is 12.1. The molecule has 0 aromatic carbocycles. The summed E-state index contributed by atoms with van der Waals surface area (Å²) in [5.41, 5.74) is -0.0578. The van der Waals surface area contributed by atoms with Crippen molar-refractivity contribution in [2.24, 2.45) is 0 Å². The monoisotopic (exact) mass is 263 g/mol. The predicted octanol–water partition coefficient (Wildman–Crippen LogP) is 2.72. The van der Waals surface area contributed by atoms with E-state index in [9.17, 15) is 4.79 Å². The van der Waals surface area contributed by atoms with Crippen LogP contribution in [0.5, 0.6) is 0 Å². The van der Waals surface area contributed by atoms with E-state index in [0.29, 0.717) is 5.82 Å². The molecule has 18 heavy (non-hydrogen) atoms. The van der Waals surface area contributed by atoms with Gasteiger partial charge in [-0.2, -0.15) is 0 Å². The summed E-state index contributed by atoms with van der Waals surface area (Å²) in [6.07, 6.45) is 2.84. The highest BCUT2D eigenvalue weighted by molar-refractivity contribution is 7.12. The quantitative estimate of drug-likeness (QED) is 0.887. The molecule has 2 N–H and O–H groups in total. The lowest BCUT2D eigenvalue weighted by Crippen LogP contribution is -2.12. The maximum absolute atomic E-state index is 11.0. The summed E-state index contributed by atoms with van der Waals surface area (Å²) in [5.74, 6) is -0.788. The largest absolute Gasteiger partial charge is 0.476 e. The lowest BCUT2D eigenvalue weighted by molar-refractivity contribution is 0.0691. The highest BCUT2D eigenvalue weighted by Crippen LogP contribution is 2.25. The molecule has 0 radical (unpaired) electrons. The number of hydrogen-bond donors (Lipinski definition) is 2. The van der Waals surface area contributed by atoms with Crippen molar-refractivity contribution in [2.45, 2.75) is 19.9 Å². The summed E-state index contributed by atoms with van der Waals surface area (Å²) in [4.78, 5) is 21.2. The summed E-state index contributed by atoms with van der Waals surface area (Å²) >= 11 is 1.67. The SMILES string of the molecule is Cc1ccc(C(C)Nc2nccnc2C(=O)O)s1. The van der Waals surface area contributed by atoms with E-state index in [2.05, 4.69) is 15.3 Å². The lowest BCUT2D eigenvalue weighted by Gasteiger charge is -2.13. The summed E-state index contributed by atoms with van der Waals surface area (Å²) in [6, 6.07) is 4.06. The van der Waals surface area contributed by atoms with Crippen molar-refractivity contribution in [1.82, 2.24) is 9.97 Å². The van der Waals surface area contributed by atoms with Crippen LogP contribution >= 0.6 is 11.3 Å². The van der Waals surface area contributed by atoms with Crippen LogP contribution in [0.1, 0.15) is 33.2 Å². The van der Waals surface area contributed by atoms with Gasteiger partial charge in [0, 0.05) is 22.1 Å². The first-order valence-electron chi connectivity index (χ1n) is 5.45. The van der Waals surface area contributed by atoms with Crippen LogP contribution in [-0.2, 0) is 0 Å². The van der Waals surface area contributed by atoms with E-state index < -0.39 is 5.97 Å². The van der Waals surface area contributed by atoms with Crippen LogP contribution in [0, 0.1) is 6.92 Å². The van der Waals surface area contributed by atoms with E-state index in [-0.39, 0.29) is 11.7 Å².